The standard InChI is InChI=1S/C26H19ClN2O2S/c1-16-7-5-9-18(13-16)29-25(24-23(27)20-11-3-4-12-22(20)32-24)28-21(26(29)30)15-17-8-6-10-19(14-17)31-2/h3-15H,1-2H3/b21-15+. The topological polar surface area (TPSA) is 41.9 Å². The first-order valence-corrected chi connectivity index (χ1v) is 11.3. The van der Waals surface area contributed by atoms with E-state index in [1.165, 1.54) is 11.3 Å². The Morgan fingerprint density at radius 2 is 1.84 bits per heavy atom. The first-order chi connectivity index (χ1) is 15.5. The highest BCUT2D eigenvalue weighted by molar-refractivity contribution is 7.21. The Bertz CT molecular complexity index is 1420. The number of thiophene rings is 1. The van der Waals surface area contributed by atoms with E-state index in [2.05, 4.69) is 0 Å². The van der Waals surface area contributed by atoms with Crippen molar-refractivity contribution in [2.45, 2.75) is 6.92 Å². The van der Waals surface area contributed by atoms with Crippen molar-refractivity contribution in [1.29, 1.82) is 0 Å². The molecule has 32 heavy (non-hydrogen) atoms. The zero-order chi connectivity index (χ0) is 22.2. The summed E-state index contributed by atoms with van der Waals surface area (Å²) in [6, 6.07) is 23.3. The van der Waals surface area contributed by atoms with E-state index in [-0.39, 0.29) is 5.91 Å². The van der Waals surface area contributed by atoms with Gasteiger partial charge in [0.2, 0.25) is 0 Å². The van der Waals surface area contributed by atoms with Crippen molar-refractivity contribution < 1.29 is 9.53 Å². The maximum atomic E-state index is 13.6. The highest BCUT2D eigenvalue weighted by atomic mass is 35.5. The summed E-state index contributed by atoms with van der Waals surface area (Å²) in [5, 5.41) is 1.57. The number of halogens is 1. The number of rotatable bonds is 4. The van der Waals surface area contributed by atoms with Crippen molar-refractivity contribution in [3.05, 3.63) is 99.5 Å². The number of amidine groups is 1. The Morgan fingerprint density at radius 1 is 1.03 bits per heavy atom. The van der Waals surface area contributed by atoms with Crippen LogP contribution in [0.25, 0.3) is 16.2 Å². The van der Waals surface area contributed by atoms with E-state index in [1.54, 1.807) is 18.1 Å². The lowest BCUT2D eigenvalue weighted by Crippen LogP contribution is -2.32. The van der Waals surface area contributed by atoms with Gasteiger partial charge < -0.3 is 4.74 Å². The summed E-state index contributed by atoms with van der Waals surface area (Å²) >= 11 is 8.31. The molecule has 5 rings (SSSR count). The van der Waals surface area contributed by atoms with Gasteiger partial charge in [-0.15, -0.1) is 11.3 Å². The summed E-state index contributed by atoms with van der Waals surface area (Å²) in [4.78, 5) is 20.8. The van der Waals surface area contributed by atoms with Crippen molar-refractivity contribution in [3.63, 3.8) is 0 Å². The third kappa shape index (κ3) is 3.60. The normalized spacial score (nSPS) is 15.0. The largest absolute Gasteiger partial charge is 0.497 e. The Hall–Kier alpha value is -3.41. The van der Waals surface area contributed by atoms with Crippen molar-refractivity contribution in [2.75, 3.05) is 12.0 Å². The van der Waals surface area contributed by atoms with Gasteiger partial charge in [-0.05, 0) is 54.5 Å². The van der Waals surface area contributed by atoms with Crippen LogP contribution in [0, 0.1) is 6.92 Å². The maximum absolute atomic E-state index is 13.6. The van der Waals surface area contributed by atoms with Gasteiger partial charge in [0, 0.05) is 10.1 Å². The molecule has 1 aromatic heterocycles. The number of carbonyl (C=O) groups is 1. The molecule has 0 atom stereocenters. The molecule has 0 aliphatic carbocycles. The molecule has 158 valence electrons. The summed E-state index contributed by atoms with van der Waals surface area (Å²) in [6.45, 7) is 2.00. The quantitative estimate of drug-likeness (QED) is 0.319. The predicted molar refractivity (Wildman–Crippen MR) is 133 cm³/mol. The molecule has 0 saturated heterocycles. The lowest BCUT2D eigenvalue weighted by Gasteiger charge is -2.18. The molecule has 1 aliphatic heterocycles. The molecule has 0 radical (unpaired) electrons. The monoisotopic (exact) mass is 458 g/mol. The van der Waals surface area contributed by atoms with Crippen LogP contribution in [0.3, 0.4) is 0 Å². The number of anilines is 1. The maximum Gasteiger partial charge on any atom is 0.282 e. The van der Waals surface area contributed by atoms with Gasteiger partial charge in [-0.1, -0.05) is 54.1 Å². The summed E-state index contributed by atoms with van der Waals surface area (Å²) in [6.07, 6.45) is 1.78. The van der Waals surface area contributed by atoms with Crippen LogP contribution in [0.4, 0.5) is 5.69 Å². The first kappa shape index (κ1) is 20.5. The molecule has 2 heterocycles. The number of aryl methyl sites for hydroxylation is 1. The lowest BCUT2D eigenvalue weighted by molar-refractivity contribution is -0.113. The Labute approximate surface area is 195 Å². The SMILES string of the molecule is COc1cccc(/C=C2/N=C(c3sc4ccccc4c3Cl)N(c3cccc(C)c3)C2=O)c1. The molecular weight excluding hydrogens is 440 g/mol. The van der Waals surface area contributed by atoms with Crippen LogP contribution in [-0.4, -0.2) is 18.9 Å². The van der Waals surface area contributed by atoms with Crippen LogP contribution < -0.4 is 9.64 Å². The van der Waals surface area contributed by atoms with Gasteiger partial charge in [0.25, 0.3) is 5.91 Å². The van der Waals surface area contributed by atoms with E-state index in [1.807, 2.05) is 79.7 Å². The van der Waals surface area contributed by atoms with Crippen LogP contribution in [0.5, 0.6) is 5.75 Å². The molecule has 0 saturated carbocycles. The van der Waals surface area contributed by atoms with Gasteiger partial charge in [0.15, 0.2) is 5.84 Å². The van der Waals surface area contributed by atoms with E-state index in [0.717, 1.165) is 37.5 Å². The predicted octanol–water partition coefficient (Wildman–Crippen LogP) is 6.71. The molecule has 6 heteroatoms. The molecule has 0 N–H and O–H groups in total. The van der Waals surface area contributed by atoms with Gasteiger partial charge >= 0.3 is 0 Å². The van der Waals surface area contributed by atoms with Gasteiger partial charge in [0.1, 0.15) is 11.4 Å². The van der Waals surface area contributed by atoms with Gasteiger partial charge in [-0.3, -0.25) is 9.69 Å². The fourth-order valence-corrected chi connectivity index (χ4v) is 5.22. The Morgan fingerprint density at radius 3 is 2.62 bits per heavy atom. The van der Waals surface area contributed by atoms with Crippen molar-refractivity contribution in [3.8, 4) is 5.75 Å². The van der Waals surface area contributed by atoms with Gasteiger partial charge in [-0.2, -0.15) is 0 Å². The highest BCUT2D eigenvalue weighted by Crippen LogP contribution is 2.39. The number of benzene rings is 3. The number of aliphatic imine (C=N–C) groups is 1. The van der Waals surface area contributed by atoms with Crippen LogP contribution >= 0.6 is 22.9 Å². The molecule has 1 amide bonds. The smallest absolute Gasteiger partial charge is 0.282 e. The minimum Gasteiger partial charge on any atom is -0.497 e. The number of hydrogen-bond acceptors (Lipinski definition) is 4. The number of ether oxygens (including phenoxy) is 1. The lowest BCUT2D eigenvalue weighted by atomic mass is 10.1. The van der Waals surface area contributed by atoms with E-state index in [4.69, 9.17) is 21.3 Å². The summed E-state index contributed by atoms with van der Waals surface area (Å²) in [7, 11) is 1.62. The molecule has 0 fully saturated rings. The Balaban J connectivity index is 1.69. The minimum atomic E-state index is -0.193. The number of fused-ring (bicyclic) bond motifs is 1. The van der Waals surface area contributed by atoms with Gasteiger partial charge in [-0.25, -0.2) is 4.99 Å². The molecule has 4 nitrogen and oxygen atoms in total. The van der Waals surface area contributed by atoms with E-state index >= 15 is 0 Å². The third-order valence-electron chi connectivity index (χ3n) is 5.26. The molecule has 0 bridgehead atoms. The van der Waals surface area contributed by atoms with Crippen LogP contribution in [-0.2, 0) is 4.79 Å². The minimum absolute atomic E-state index is 0.193. The van der Waals surface area contributed by atoms with Crippen LogP contribution in [0.2, 0.25) is 5.02 Å². The molecule has 3 aromatic carbocycles. The summed E-state index contributed by atoms with van der Waals surface area (Å²) in [5.41, 5.74) is 3.01. The Kier molecular flexibility index (Phi) is 5.29. The first-order valence-electron chi connectivity index (χ1n) is 10.1. The van der Waals surface area contributed by atoms with Crippen LogP contribution in [0.15, 0.2) is 83.5 Å². The van der Waals surface area contributed by atoms with Crippen molar-refractivity contribution in [2.24, 2.45) is 4.99 Å². The fraction of sp³-hybridized carbons (Fsp3) is 0.0769. The van der Waals surface area contributed by atoms with Gasteiger partial charge in [0.05, 0.1) is 22.7 Å². The second-order valence-corrected chi connectivity index (χ2v) is 8.89. The zero-order valence-corrected chi connectivity index (χ0v) is 19.1. The number of hydrogen-bond donors (Lipinski definition) is 0. The molecule has 4 aromatic rings. The summed E-state index contributed by atoms with van der Waals surface area (Å²) < 4.78 is 6.37. The fourth-order valence-electron chi connectivity index (χ4n) is 3.72. The molecular formula is C26H19ClN2O2S. The van der Waals surface area contributed by atoms with E-state index in [0.29, 0.717) is 16.6 Å². The number of methoxy groups -OCH3 is 1. The molecule has 0 spiro atoms. The summed E-state index contributed by atoms with van der Waals surface area (Å²) in [5.74, 6) is 1.07. The number of nitrogens with zero attached hydrogens (tertiary/aromatic N) is 2. The third-order valence-corrected chi connectivity index (χ3v) is 6.93. The average Bonchev–Trinajstić information content (AvgIpc) is 3.31. The van der Waals surface area contributed by atoms with E-state index < -0.39 is 0 Å². The van der Waals surface area contributed by atoms with Crippen molar-refractivity contribution in [1.82, 2.24) is 0 Å². The highest BCUT2D eigenvalue weighted by Gasteiger charge is 2.35. The zero-order valence-electron chi connectivity index (χ0n) is 17.5. The number of amides is 1. The number of carbonyl (C=O) groups excluding carboxylic acids is 1. The second kappa shape index (κ2) is 8.26. The average molecular weight is 459 g/mol. The second-order valence-electron chi connectivity index (χ2n) is 7.46. The molecule has 0 unspecified atom stereocenters. The van der Waals surface area contributed by atoms with E-state index in [9.17, 15) is 4.79 Å². The molecule has 1 aliphatic rings. The van der Waals surface area contributed by atoms with Crippen molar-refractivity contribution >= 4 is 56.5 Å². The van der Waals surface area contributed by atoms with Crippen LogP contribution in [0.1, 0.15) is 16.0 Å².